The molecule has 1 atom stereocenters. The molecule has 0 saturated heterocycles. The van der Waals surface area contributed by atoms with Gasteiger partial charge in [0.2, 0.25) is 0 Å². The third-order valence-corrected chi connectivity index (χ3v) is 3.52. The van der Waals surface area contributed by atoms with Crippen molar-refractivity contribution in [1.82, 2.24) is 10.3 Å². The van der Waals surface area contributed by atoms with Gasteiger partial charge in [0, 0.05) is 26.1 Å². The van der Waals surface area contributed by atoms with E-state index in [1.165, 1.54) is 12.8 Å². The summed E-state index contributed by atoms with van der Waals surface area (Å²) < 4.78 is 11.4. The van der Waals surface area contributed by atoms with Crippen molar-refractivity contribution in [3.63, 3.8) is 0 Å². The fraction of sp³-hybridized carbons (Fsp3) is 0.438. The van der Waals surface area contributed by atoms with E-state index in [4.69, 9.17) is 9.15 Å². The topological polar surface area (TPSA) is 47.3 Å². The molecule has 0 aliphatic heterocycles. The van der Waals surface area contributed by atoms with Crippen LogP contribution in [0.1, 0.15) is 36.2 Å². The highest BCUT2D eigenvalue weighted by molar-refractivity contribution is 5.23. The number of benzene rings is 1. The molecule has 1 aromatic heterocycles. The normalized spacial score (nSPS) is 16.2. The summed E-state index contributed by atoms with van der Waals surface area (Å²) in [6.45, 7) is 0.924. The van der Waals surface area contributed by atoms with Crippen LogP contribution in [0, 0.1) is 0 Å². The number of rotatable bonds is 7. The summed E-state index contributed by atoms with van der Waals surface area (Å²) in [6, 6.07) is 10.8. The SMILES string of the molecule is COC(c1ccccc1)c1cnc(CCNC2CC2)o1. The van der Waals surface area contributed by atoms with E-state index < -0.39 is 0 Å². The second-order valence-electron chi connectivity index (χ2n) is 5.16. The van der Waals surface area contributed by atoms with Gasteiger partial charge < -0.3 is 14.5 Å². The monoisotopic (exact) mass is 272 g/mol. The lowest BCUT2D eigenvalue weighted by Gasteiger charge is -2.12. The van der Waals surface area contributed by atoms with Crippen molar-refractivity contribution in [3.8, 4) is 0 Å². The Hall–Kier alpha value is -1.65. The predicted molar refractivity (Wildman–Crippen MR) is 76.5 cm³/mol. The standard InChI is InChI=1S/C16H20N2O2/c1-19-16(12-5-3-2-4-6-12)14-11-18-15(20-14)9-10-17-13-7-8-13/h2-6,11,13,16-17H,7-10H2,1H3. The van der Waals surface area contributed by atoms with Crippen LogP contribution in [-0.4, -0.2) is 24.7 Å². The van der Waals surface area contributed by atoms with Crippen LogP contribution in [0.4, 0.5) is 0 Å². The minimum Gasteiger partial charge on any atom is -0.443 e. The van der Waals surface area contributed by atoms with Crippen molar-refractivity contribution in [2.45, 2.75) is 31.4 Å². The van der Waals surface area contributed by atoms with Gasteiger partial charge in [-0.1, -0.05) is 30.3 Å². The van der Waals surface area contributed by atoms with Crippen molar-refractivity contribution in [2.24, 2.45) is 0 Å². The molecule has 1 N–H and O–H groups in total. The number of hydrogen-bond donors (Lipinski definition) is 1. The van der Waals surface area contributed by atoms with Gasteiger partial charge in [0.25, 0.3) is 0 Å². The molecule has 2 aromatic rings. The number of aromatic nitrogens is 1. The summed E-state index contributed by atoms with van der Waals surface area (Å²) in [5.74, 6) is 1.53. The molecule has 1 aliphatic carbocycles. The van der Waals surface area contributed by atoms with Gasteiger partial charge in [-0.05, 0) is 18.4 Å². The lowest BCUT2D eigenvalue weighted by molar-refractivity contribution is 0.115. The molecule has 3 rings (SSSR count). The van der Waals surface area contributed by atoms with Crippen molar-refractivity contribution in [3.05, 3.63) is 53.7 Å². The highest BCUT2D eigenvalue weighted by atomic mass is 16.5. The number of oxazole rings is 1. The van der Waals surface area contributed by atoms with E-state index in [2.05, 4.69) is 10.3 Å². The Kier molecular flexibility index (Phi) is 4.14. The highest BCUT2D eigenvalue weighted by Crippen LogP contribution is 2.25. The Morgan fingerprint density at radius 3 is 2.85 bits per heavy atom. The van der Waals surface area contributed by atoms with Crippen LogP contribution in [0.15, 0.2) is 40.9 Å². The van der Waals surface area contributed by atoms with Gasteiger partial charge in [0.05, 0.1) is 6.20 Å². The van der Waals surface area contributed by atoms with E-state index in [0.29, 0.717) is 0 Å². The molecular weight excluding hydrogens is 252 g/mol. The molecule has 1 saturated carbocycles. The summed E-state index contributed by atoms with van der Waals surface area (Å²) in [7, 11) is 1.69. The molecule has 1 aromatic carbocycles. The number of nitrogens with zero attached hydrogens (tertiary/aromatic N) is 1. The first-order chi connectivity index (χ1) is 9.86. The maximum Gasteiger partial charge on any atom is 0.195 e. The van der Waals surface area contributed by atoms with Gasteiger partial charge in [-0.2, -0.15) is 0 Å². The molecule has 1 fully saturated rings. The van der Waals surface area contributed by atoms with Crippen LogP contribution in [0.3, 0.4) is 0 Å². The number of hydrogen-bond acceptors (Lipinski definition) is 4. The van der Waals surface area contributed by atoms with Crippen LogP contribution in [0.25, 0.3) is 0 Å². The van der Waals surface area contributed by atoms with Crippen molar-refractivity contribution in [2.75, 3.05) is 13.7 Å². The average Bonchev–Trinajstić information content (AvgIpc) is 3.19. The zero-order valence-corrected chi connectivity index (χ0v) is 11.7. The number of nitrogens with one attached hydrogen (secondary N) is 1. The van der Waals surface area contributed by atoms with Gasteiger partial charge in [-0.3, -0.25) is 0 Å². The largest absolute Gasteiger partial charge is 0.443 e. The van der Waals surface area contributed by atoms with Crippen molar-refractivity contribution >= 4 is 0 Å². The van der Waals surface area contributed by atoms with Gasteiger partial charge in [-0.25, -0.2) is 4.98 Å². The summed E-state index contributed by atoms with van der Waals surface area (Å²) in [5, 5.41) is 3.46. The van der Waals surface area contributed by atoms with Crippen LogP contribution < -0.4 is 5.32 Å². The van der Waals surface area contributed by atoms with E-state index in [0.717, 1.165) is 36.2 Å². The summed E-state index contributed by atoms with van der Waals surface area (Å²) in [5.41, 5.74) is 1.08. The van der Waals surface area contributed by atoms with Gasteiger partial charge in [-0.15, -0.1) is 0 Å². The first-order valence-corrected chi connectivity index (χ1v) is 7.12. The Bertz CT molecular complexity index is 534. The zero-order chi connectivity index (χ0) is 13.8. The number of ether oxygens (including phenoxy) is 1. The molecule has 0 amide bonds. The Morgan fingerprint density at radius 1 is 1.35 bits per heavy atom. The molecule has 1 heterocycles. The zero-order valence-electron chi connectivity index (χ0n) is 11.7. The lowest BCUT2D eigenvalue weighted by atomic mass is 10.1. The molecule has 1 aliphatic rings. The van der Waals surface area contributed by atoms with Crippen LogP contribution >= 0.6 is 0 Å². The molecule has 0 bridgehead atoms. The fourth-order valence-electron chi connectivity index (χ4n) is 2.28. The average molecular weight is 272 g/mol. The molecule has 4 nitrogen and oxygen atoms in total. The maximum atomic E-state index is 5.82. The van der Waals surface area contributed by atoms with Crippen LogP contribution in [0.5, 0.6) is 0 Å². The van der Waals surface area contributed by atoms with E-state index >= 15 is 0 Å². The van der Waals surface area contributed by atoms with E-state index in [1.807, 2.05) is 30.3 Å². The molecule has 0 spiro atoms. The number of methoxy groups -OCH3 is 1. The molecule has 1 unspecified atom stereocenters. The first-order valence-electron chi connectivity index (χ1n) is 7.12. The second kappa shape index (κ2) is 6.20. The highest BCUT2D eigenvalue weighted by Gasteiger charge is 2.21. The Morgan fingerprint density at radius 2 is 2.15 bits per heavy atom. The van der Waals surface area contributed by atoms with Gasteiger partial charge in [0.1, 0.15) is 6.10 Å². The minimum atomic E-state index is -0.186. The summed E-state index contributed by atoms with van der Waals surface area (Å²) in [6.07, 6.45) is 5.01. The van der Waals surface area contributed by atoms with E-state index in [9.17, 15) is 0 Å². The van der Waals surface area contributed by atoms with Gasteiger partial charge in [0.15, 0.2) is 11.7 Å². The Balaban J connectivity index is 1.64. The summed E-state index contributed by atoms with van der Waals surface area (Å²) in [4.78, 5) is 4.34. The minimum absolute atomic E-state index is 0.186. The summed E-state index contributed by atoms with van der Waals surface area (Å²) >= 11 is 0. The first kappa shape index (κ1) is 13.3. The molecule has 20 heavy (non-hydrogen) atoms. The van der Waals surface area contributed by atoms with E-state index in [1.54, 1.807) is 13.3 Å². The van der Waals surface area contributed by atoms with E-state index in [-0.39, 0.29) is 6.10 Å². The predicted octanol–water partition coefficient (Wildman–Crippen LogP) is 2.70. The molecule has 4 heteroatoms. The van der Waals surface area contributed by atoms with Crippen molar-refractivity contribution < 1.29 is 9.15 Å². The third-order valence-electron chi connectivity index (χ3n) is 3.52. The molecular formula is C16H20N2O2. The second-order valence-corrected chi connectivity index (χ2v) is 5.16. The fourth-order valence-corrected chi connectivity index (χ4v) is 2.28. The van der Waals surface area contributed by atoms with Gasteiger partial charge >= 0.3 is 0 Å². The molecule has 106 valence electrons. The quantitative estimate of drug-likeness (QED) is 0.842. The van der Waals surface area contributed by atoms with Crippen LogP contribution in [0.2, 0.25) is 0 Å². The van der Waals surface area contributed by atoms with Crippen LogP contribution in [-0.2, 0) is 11.2 Å². The third kappa shape index (κ3) is 3.26. The Labute approximate surface area is 119 Å². The van der Waals surface area contributed by atoms with Crippen molar-refractivity contribution in [1.29, 1.82) is 0 Å². The smallest absolute Gasteiger partial charge is 0.195 e. The molecule has 0 radical (unpaired) electrons. The lowest BCUT2D eigenvalue weighted by Crippen LogP contribution is -2.19. The maximum absolute atomic E-state index is 5.82.